The first-order valence-electron chi connectivity index (χ1n) is 6.56. The molecule has 0 fully saturated rings. The molecule has 1 aromatic heterocycles. The number of hydrogen-bond acceptors (Lipinski definition) is 4. The molecule has 3 rings (SSSR count). The molecule has 5 nitrogen and oxygen atoms in total. The van der Waals surface area contributed by atoms with E-state index in [-0.39, 0.29) is 5.69 Å². The molecule has 0 saturated heterocycles. The summed E-state index contributed by atoms with van der Waals surface area (Å²) in [5, 5.41) is 11.7. The Morgan fingerprint density at radius 1 is 1.24 bits per heavy atom. The van der Waals surface area contributed by atoms with Crippen molar-refractivity contribution in [3.63, 3.8) is 0 Å². The number of rotatable bonds is 4. The van der Waals surface area contributed by atoms with Gasteiger partial charge in [0, 0.05) is 17.8 Å². The van der Waals surface area contributed by atoms with Crippen LogP contribution in [0.2, 0.25) is 0 Å². The van der Waals surface area contributed by atoms with Gasteiger partial charge in [-0.05, 0) is 24.0 Å². The summed E-state index contributed by atoms with van der Waals surface area (Å²) in [5.41, 5.74) is 2.59. The summed E-state index contributed by atoms with van der Waals surface area (Å²) < 4.78 is 2.03. The van der Waals surface area contributed by atoms with Crippen molar-refractivity contribution in [2.45, 2.75) is 12.1 Å². The van der Waals surface area contributed by atoms with Crippen LogP contribution in [-0.4, -0.2) is 20.2 Å². The minimum absolute atomic E-state index is 0.0632. The Balaban J connectivity index is 2.25. The molecule has 0 unspecified atom stereocenters. The molecule has 21 heavy (non-hydrogen) atoms. The van der Waals surface area contributed by atoms with Gasteiger partial charge in [-0.15, -0.1) is 0 Å². The Labute approximate surface area is 125 Å². The largest absolute Gasteiger partial charge is 0.287 e. The van der Waals surface area contributed by atoms with Gasteiger partial charge in [0.05, 0.1) is 16.0 Å². The number of nitrogens with zero attached hydrogens (tertiary/aromatic N) is 3. The predicted octanol–water partition coefficient (Wildman–Crippen LogP) is 4.05. The normalized spacial score (nSPS) is 10.9. The number of hydrogen-bond donors (Lipinski definition) is 0. The summed E-state index contributed by atoms with van der Waals surface area (Å²) in [6.07, 6.45) is 0. The van der Waals surface area contributed by atoms with Gasteiger partial charge in [0.15, 0.2) is 5.16 Å². The van der Waals surface area contributed by atoms with E-state index in [2.05, 4.69) is 11.9 Å². The highest BCUT2D eigenvalue weighted by Crippen LogP contribution is 2.29. The maximum absolute atomic E-state index is 10.9. The summed E-state index contributed by atoms with van der Waals surface area (Å²) in [6, 6.07) is 14.7. The van der Waals surface area contributed by atoms with Crippen molar-refractivity contribution in [3.8, 4) is 5.69 Å². The fourth-order valence-corrected chi connectivity index (χ4v) is 2.97. The van der Waals surface area contributed by atoms with Gasteiger partial charge >= 0.3 is 0 Å². The smallest absolute Gasteiger partial charge is 0.271 e. The van der Waals surface area contributed by atoms with Gasteiger partial charge in [-0.2, -0.15) is 0 Å². The minimum atomic E-state index is -0.395. The first kappa shape index (κ1) is 13.6. The van der Waals surface area contributed by atoms with Gasteiger partial charge in [-0.25, -0.2) is 4.98 Å². The maximum Gasteiger partial charge on any atom is 0.271 e. The van der Waals surface area contributed by atoms with Crippen LogP contribution in [-0.2, 0) is 0 Å². The highest BCUT2D eigenvalue weighted by Gasteiger charge is 2.15. The molecule has 0 aliphatic carbocycles. The molecule has 0 bridgehead atoms. The van der Waals surface area contributed by atoms with Gasteiger partial charge in [0.2, 0.25) is 0 Å². The molecule has 0 saturated carbocycles. The van der Waals surface area contributed by atoms with Crippen molar-refractivity contribution in [1.29, 1.82) is 0 Å². The molecular weight excluding hydrogens is 286 g/mol. The maximum atomic E-state index is 10.9. The molecule has 106 valence electrons. The minimum Gasteiger partial charge on any atom is -0.287 e. The van der Waals surface area contributed by atoms with Crippen molar-refractivity contribution in [3.05, 3.63) is 58.6 Å². The van der Waals surface area contributed by atoms with E-state index in [1.807, 2.05) is 34.9 Å². The van der Waals surface area contributed by atoms with Gasteiger partial charge in [-0.1, -0.05) is 36.9 Å². The van der Waals surface area contributed by atoms with Crippen LogP contribution in [0.25, 0.3) is 16.7 Å². The highest BCUT2D eigenvalue weighted by atomic mass is 32.2. The van der Waals surface area contributed by atoms with E-state index >= 15 is 0 Å². The zero-order valence-electron chi connectivity index (χ0n) is 11.4. The molecular formula is C15H13N3O2S. The second kappa shape index (κ2) is 5.57. The third-order valence-corrected chi connectivity index (χ3v) is 3.93. The van der Waals surface area contributed by atoms with E-state index in [9.17, 15) is 10.1 Å². The van der Waals surface area contributed by atoms with Crippen LogP contribution in [0.4, 0.5) is 5.69 Å². The number of thioether (sulfide) groups is 1. The first-order chi connectivity index (χ1) is 10.2. The lowest BCUT2D eigenvalue weighted by molar-refractivity contribution is -0.384. The molecule has 0 aliphatic heterocycles. The van der Waals surface area contributed by atoms with Gasteiger partial charge in [0.25, 0.3) is 5.69 Å². The van der Waals surface area contributed by atoms with E-state index in [4.69, 9.17) is 0 Å². The Hall–Kier alpha value is -2.34. The Morgan fingerprint density at radius 2 is 2.00 bits per heavy atom. The van der Waals surface area contributed by atoms with Crippen molar-refractivity contribution in [2.75, 3.05) is 5.75 Å². The first-order valence-corrected chi connectivity index (χ1v) is 7.54. The zero-order chi connectivity index (χ0) is 14.8. The molecule has 0 atom stereocenters. The second-order valence-electron chi connectivity index (χ2n) is 4.43. The lowest BCUT2D eigenvalue weighted by Crippen LogP contribution is -1.96. The van der Waals surface area contributed by atoms with E-state index in [0.29, 0.717) is 5.52 Å². The molecule has 6 heteroatoms. The number of aromatic nitrogens is 2. The monoisotopic (exact) mass is 299 g/mol. The average molecular weight is 299 g/mol. The number of nitro benzene ring substituents is 1. The van der Waals surface area contributed by atoms with E-state index in [1.165, 1.54) is 12.1 Å². The fraction of sp³-hybridized carbons (Fsp3) is 0.133. The molecule has 0 spiro atoms. The van der Waals surface area contributed by atoms with Gasteiger partial charge in [-0.3, -0.25) is 14.7 Å². The molecule has 2 aromatic carbocycles. The molecule has 0 amide bonds. The van der Waals surface area contributed by atoms with Gasteiger partial charge in [0.1, 0.15) is 0 Å². The molecule has 0 radical (unpaired) electrons. The van der Waals surface area contributed by atoms with Crippen molar-refractivity contribution < 1.29 is 4.92 Å². The zero-order valence-corrected chi connectivity index (χ0v) is 12.2. The van der Waals surface area contributed by atoms with Crippen LogP contribution in [0.3, 0.4) is 0 Å². The number of para-hydroxylation sites is 1. The van der Waals surface area contributed by atoms with Crippen molar-refractivity contribution in [1.82, 2.24) is 9.55 Å². The van der Waals surface area contributed by atoms with Crippen LogP contribution in [0.5, 0.6) is 0 Å². The third kappa shape index (κ3) is 2.50. The van der Waals surface area contributed by atoms with Crippen molar-refractivity contribution in [2.24, 2.45) is 0 Å². The highest BCUT2D eigenvalue weighted by molar-refractivity contribution is 7.99. The lowest BCUT2D eigenvalue weighted by Gasteiger charge is -2.07. The summed E-state index contributed by atoms with van der Waals surface area (Å²) in [6.45, 7) is 2.06. The van der Waals surface area contributed by atoms with Crippen molar-refractivity contribution >= 4 is 28.5 Å². The predicted molar refractivity (Wildman–Crippen MR) is 84.1 cm³/mol. The van der Waals surface area contributed by atoms with Crippen LogP contribution >= 0.6 is 11.8 Å². The molecule has 0 N–H and O–H groups in total. The number of benzene rings is 2. The molecule has 0 aliphatic rings. The topological polar surface area (TPSA) is 61.0 Å². The summed E-state index contributed by atoms with van der Waals surface area (Å²) in [4.78, 5) is 15.0. The fourth-order valence-electron chi connectivity index (χ4n) is 2.21. The van der Waals surface area contributed by atoms with E-state index < -0.39 is 4.92 Å². The second-order valence-corrected chi connectivity index (χ2v) is 5.66. The standard InChI is InChI=1S/C15H13N3O2S/c1-2-21-15-16-13-10-12(18(19)20)8-9-14(13)17(15)11-6-4-3-5-7-11/h3-10H,2H2,1H3. The summed E-state index contributed by atoms with van der Waals surface area (Å²) in [5.74, 6) is 0.887. The van der Waals surface area contributed by atoms with Crippen LogP contribution in [0.15, 0.2) is 53.7 Å². The third-order valence-electron chi connectivity index (χ3n) is 3.11. The Bertz CT molecular complexity index is 799. The average Bonchev–Trinajstić information content (AvgIpc) is 2.85. The quantitative estimate of drug-likeness (QED) is 0.414. The van der Waals surface area contributed by atoms with E-state index in [0.717, 1.165) is 22.1 Å². The molecule has 1 heterocycles. The van der Waals surface area contributed by atoms with Crippen LogP contribution in [0, 0.1) is 10.1 Å². The summed E-state index contributed by atoms with van der Waals surface area (Å²) in [7, 11) is 0. The number of imidazole rings is 1. The Kier molecular flexibility index (Phi) is 3.62. The van der Waals surface area contributed by atoms with Gasteiger partial charge < -0.3 is 0 Å². The number of non-ortho nitro benzene ring substituents is 1. The Morgan fingerprint density at radius 3 is 2.67 bits per heavy atom. The van der Waals surface area contributed by atoms with Crippen LogP contribution < -0.4 is 0 Å². The molecule has 3 aromatic rings. The van der Waals surface area contributed by atoms with Crippen LogP contribution in [0.1, 0.15) is 6.92 Å². The number of fused-ring (bicyclic) bond motifs is 1. The number of nitro groups is 1. The SMILES string of the molecule is CCSc1nc2cc([N+](=O)[O-])ccc2n1-c1ccccc1. The summed E-state index contributed by atoms with van der Waals surface area (Å²) >= 11 is 1.62. The van der Waals surface area contributed by atoms with E-state index in [1.54, 1.807) is 17.8 Å². The lowest BCUT2D eigenvalue weighted by atomic mass is 10.2.